The van der Waals surface area contributed by atoms with E-state index in [9.17, 15) is 22.8 Å². The van der Waals surface area contributed by atoms with Gasteiger partial charge in [0.2, 0.25) is 5.82 Å². The Hall–Kier alpha value is -2.91. The molecule has 0 unspecified atom stereocenters. The van der Waals surface area contributed by atoms with Crippen LogP contribution in [-0.4, -0.2) is 33.2 Å². The molecule has 1 amide bonds. The number of hydrogen-bond acceptors (Lipinski definition) is 5. The molecule has 0 bridgehead atoms. The molecule has 0 saturated heterocycles. The Morgan fingerprint density at radius 1 is 1.38 bits per heavy atom. The Morgan fingerprint density at radius 2 is 2.08 bits per heavy atom. The highest BCUT2D eigenvalue weighted by Crippen LogP contribution is 2.29. The molecule has 128 valence electrons. The molecule has 1 heterocycles. The molecule has 0 aliphatic rings. The van der Waals surface area contributed by atoms with Crippen LogP contribution in [0.25, 0.3) is 11.4 Å². The molecule has 0 saturated carbocycles. The number of nitrogens with zero attached hydrogens (tertiary/aromatic N) is 2. The first-order chi connectivity index (χ1) is 11.2. The third kappa shape index (κ3) is 4.31. The molecule has 7 nitrogen and oxygen atoms in total. The van der Waals surface area contributed by atoms with Crippen molar-refractivity contribution in [2.45, 2.75) is 25.6 Å². The monoisotopic (exact) mass is 343 g/mol. The van der Waals surface area contributed by atoms with E-state index >= 15 is 0 Å². The van der Waals surface area contributed by atoms with Gasteiger partial charge in [-0.25, -0.2) is 0 Å². The molecular weight excluding hydrogens is 331 g/mol. The van der Waals surface area contributed by atoms with Gasteiger partial charge in [0.05, 0.1) is 6.42 Å². The van der Waals surface area contributed by atoms with Crippen LogP contribution in [0.5, 0.6) is 0 Å². The molecule has 0 radical (unpaired) electrons. The smallest absolute Gasteiger partial charge is 0.471 e. The van der Waals surface area contributed by atoms with Crippen molar-refractivity contribution in [3.05, 3.63) is 35.7 Å². The van der Waals surface area contributed by atoms with E-state index < -0.39 is 30.0 Å². The first kappa shape index (κ1) is 17.4. The van der Waals surface area contributed by atoms with Crippen LogP contribution in [0.4, 0.5) is 13.2 Å². The van der Waals surface area contributed by atoms with Gasteiger partial charge in [0.25, 0.3) is 5.91 Å². The summed E-state index contributed by atoms with van der Waals surface area (Å²) in [6, 6.07) is 4.96. The van der Waals surface area contributed by atoms with Crippen molar-refractivity contribution in [3.63, 3.8) is 0 Å². The van der Waals surface area contributed by atoms with Crippen molar-refractivity contribution in [2.75, 3.05) is 0 Å². The fourth-order valence-electron chi connectivity index (χ4n) is 1.88. The number of alkyl halides is 3. The quantitative estimate of drug-likeness (QED) is 0.863. The lowest BCUT2D eigenvalue weighted by Crippen LogP contribution is -2.34. The summed E-state index contributed by atoms with van der Waals surface area (Å²) in [4.78, 5) is 25.9. The Bertz CT molecular complexity index is 758. The molecule has 0 spiro atoms. The number of carbonyl (C=O) groups is 2. The highest BCUT2D eigenvalue weighted by Gasteiger charge is 2.38. The van der Waals surface area contributed by atoms with Gasteiger partial charge in [-0.2, -0.15) is 18.2 Å². The van der Waals surface area contributed by atoms with E-state index in [2.05, 4.69) is 20.0 Å². The first-order valence-electron chi connectivity index (χ1n) is 6.71. The Morgan fingerprint density at radius 3 is 2.67 bits per heavy atom. The van der Waals surface area contributed by atoms with Crippen LogP contribution in [0, 0.1) is 0 Å². The van der Waals surface area contributed by atoms with Crippen LogP contribution in [0.1, 0.15) is 29.6 Å². The number of nitrogens with one attached hydrogen (secondary N) is 1. The van der Waals surface area contributed by atoms with Crippen LogP contribution in [0.15, 0.2) is 28.8 Å². The second-order valence-corrected chi connectivity index (χ2v) is 4.97. The molecule has 10 heteroatoms. The summed E-state index contributed by atoms with van der Waals surface area (Å²) in [6.45, 7) is 1.52. The lowest BCUT2D eigenvalue weighted by molar-refractivity contribution is -0.159. The number of carbonyl (C=O) groups excluding carboxylic acids is 1. The van der Waals surface area contributed by atoms with Gasteiger partial charge in [-0.15, -0.1) is 0 Å². The molecular formula is C14H12F3N3O4. The number of aromatic nitrogens is 2. The van der Waals surface area contributed by atoms with Crippen LogP contribution in [-0.2, 0) is 11.0 Å². The van der Waals surface area contributed by atoms with Crippen molar-refractivity contribution in [1.29, 1.82) is 0 Å². The van der Waals surface area contributed by atoms with E-state index in [1.54, 1.807) is 0 Å². The Balaban J connectivity index is 2.18. The number of halogens is 3. The minimum Gasteiger partial charge on any atom is -0.481 e. The summed E-state index contributed by atoms with van der Waals surface area (Å²) in [5, 5.41) is 14.4. The molecule has 2 rings (SSSR count). The van der Waals surface area contributed by atoms with Gasteiger partial charge in [0.15, 0.2) is 0 Å². The number of rotatable bonds is 5. The second-order valence-electron chi connectivity index (χ2n) is 4.97. The normalized spacial score (nSPS) is 12.7. The number of benzene rings is 1. The maximum Gasteiger partial charge on any atom is 0.471 e. The number of aliphatic carboxylic acids is 1. The Kier molecular flexibility index (Phi) is 4.86. The molecule has 1 atom stereocenters. The molecule has 2 N–H and O–H groups in total. The number of carboxylic acid groups (broad SMARTS) is 1. The fraction of sp³-hybridized carbons (Fsp3) is 0.286. The SMILES string of the molecule is C[C@H](CC(=O)O)NC(=O)c1cccc(-c2noc(C(F)(F)F)n2)c1. The van der Waals surface area contributed by atoms with E-state index in [0.29, 0.717) is 0 Å². The topological polar surface area (TPSA) is 105 Å². The number of hydrogen-bond donors (Lipinski definition) is 2. The molecule has 24 heavy (non-hydrogen) atoms. The van der Waals surface area contributed by atoms with E-state index in [0.717, 1.165) is 0 Å². The fourth-order valence-corrected chi connectivity index (χ4v) is 1.88. The lowest BCUT2D eigenvalue weighted by Gasteiger charge is -2.11. The zero-order valence-corrected chi connectivity index (χ0v) is 12.3. The third-order valence-electron chi connectivity index (χ3n) is 2.91. The largest absolute Gasteiger partial charge is 0.481 e. The predicted octanol–water partition coefficient (Wildman–Crippen LogP) is 2.35. The lowest BCUT2D eigenvalue weighted by atomic mass is 10.1. The van der Waals surface area contributed by atoms with Gasteiger partial charge in [-0.05, 0) is 19.1 Å². The zero-order chi connectivity index (χ0) is 17.9. The molecule has 1 aromatic carbocycles. The Labute approximate surface area is 133 Å². The average Bonchev–Trinajstić information content (AvgIpc) is 2.96. The van der Waals surface area contributed by atoms with Crippen molar-refractivity contribution in [3.8, 4) is 11.4 Å². The van der Waals surface area contributed by atoms with Crippen molar-refractivity contribution < 1.29 is 32.4 Å². The van der Waals surface area contributed by atoms with Gasteiger partial charge in [-0.1, -0.05) is 17.3 Å². The van der Waals surface area contributed by atoms with E-state index in [-0.39, 0.29) is 23.4 Å². The van der Waals surface area contributed by atoms with E-state index in [4.69, 9.17) is 5.11 Å². The summed E-state index contributed by atoms with van der Waals surface area (Å²) in [5.74, 6) is -3.42. The standard InChI is InChI=1S/C14H12F3N3O4/c1-7(5-10(21)22)18-12(23)9-4-2-3-8(6-9)11-19-13(24-20-11)14(15,16)17/h2-4,6-7H,5H2,1H3,(H,18,23)(H,21,22)/t7-/m1/s1. The third-order valence-corrected chi connectivity index (χ3v) is 2.91. The van der Waals surface area contributed by atoms with E-state index in [1.165, 1.54) is 31.2 Å². The van der Waals surface area contributed by atoms with Gasteiger partial charge < -0.3 is 14.9 Å². The van der Waals surface area contributed by atoms with Crippen molar-refractivity contribution in [1.82, 2.24) is 15.5 Å². The maximum absolute atomic E-state index is 12.5. The van der Waals surface area contributed by atoms with Crippen molar-refractivity contribution >= 4 is 11.9 Å². The summed E-state index contributed by atoms with van der Waals surface area (Å²) in [5.41, 5.74) is 0.288. The highest BCUT2D eigenvalue weighted by atomic mass is 19.4. The average molecular weight is 343 g/mol. The molecule has 2 aromatic rings. The number of amides is 1. The van der Waals surface area contributed by atoms with Crippen LogP contribution in [0.3, 0.4) is 0 Å². The summed E-state index contributed by atoms with van der Waals surface area (Å²) >= 11 is 0. The minimum atomic E-state index is -4.76. The molecule has 1 aromatic heterocycles. The maximum atomic E-state index is 12.5. The summed E-state index contributed by atoms with van der Waals surface area (Å²) in [6.07, 6.45) is -5.02. The van der Waals surface area contributed by atoms with Gasteiger partial charge in [-0.3, -0.25) is 9.59 Å². The van der Waals surface area contributed by atoms with E-state index in [1.807, 2.05) is 0 Å². The predicted molar refractivity (Wildman–Crippen MR) is 73.9 cm³/mol. The van der Waals surface area contributed by atoms with Crippen LogP contribution < -0.4 is 5.32 Å². The van der Waals surface area contributed by atoms with Gasteiger partial charge in [0, 0.05) is 17.2 Å². The van der Waals surface area contributed by atoms with Gasteiger partial charge >= 0.3 is 18.0 Å². The van der Waals surface area contributed by atoms with Crippen molar-refractivity contribution in [2.24, 2.45) is 0 Å². The van der Waals surface area contributed by atoms with Gasteiger partial charge in [0.1, 0.15) is 0 Å². The number of carboxylic acids is 1. The van der Waals surface area contributed by atoms with Crippen LogP contribution in [0.2, 0.25) is 0 Å². The summed E-state index contributed by atoms with van der Waals surface area (Å²) < 4.78 is 41.5. The molecule has 0 aliphatic carbocycles. The molecule has 0 aliphatic heterocycles. The zero-order valence-electron chi connectivity index (χ0n) is 12.3. The second kappa shape index (κ2) is 6.69. The summed E-state index contributed by atoms with van der Waals surface area (Å²) in [7, 11) is 0. The molecule has 0 fully saturated rings. The van der Waals surface area contributed by atoms with Crippen LogP contribution >= 0.6 is 0 Å². The minimum absolute atomic E-state index is 0.128. The highest BCUT2D eigenvalue weighted by molar-refractivity contribution is 5.95. The first-order valence-corrected chi connectivity index (χ1v) is 6.71.